The zero-order valence-electron chi connectivity index (χ0n) is 20.0. The summed E-state index contributed by atoms with van der Waals surface area (Å²) in [6.07, 6.45) is 10.9. The largest absolute Gasteiger partial charge is 0.490 e. The highest BCUT2D eigenvalue weighted by Crippen LogP contribution is 2.38. The zero-order valence-corrected chi connectivity index (χ0v) is 20.8. The average molecular weight is 475 g/mol. The van der Waals surface area contributed by atoms with Crippen molar-refractivity contribution in [1.29, 1.82) is 0 Å². The van der Waals surface area contributed by atoms with Gasteiger partial charge in [-0.3, -0.25) is 0 Å². The maximum absolute atomic E-state index is 6.17. The second-order valence-electron chi connectivity index (χ2n) is 9.90. The number of ether oxygens (including phenoxy) is 1. The van der Waals surface area contributed by atoms with Crippen molar-refractivity contribution in [3.63, 3.8) is 0 Å². The molecule has 6 rings (SSSR count). The number of imidazole rings is 1. The number of nitrogens with zero attached hydrogens (tertiary/aromatic N) is 3. The van der Waals surface area contributed by atoms with E-state index in [2.05, 4.69) is 69.5 Å². The molecule has 4 heterocycles. The van der Waals surface area contributed by atoms with Crippen molar-refractivity contribution in [2.75, 3.05) is 13.1 Å². The molecule has 1 saturated heterocycles. The van der Waals surface area contributed by atoms with Gasteiger partial charge in [-0.1, -0.05) is 18.6 Å². The van der Waals surface area contributed by atoms with Crippen LogP contribution in [0, 0.1) is 0 Å². The van der Waals surface area contributed by atoms with Crippen LogP contribution < -0.4 is 10.1 Å². The van der Waals surface area contributed by atoms with Crippen LogP contribution in [0.15, 0.2) is 48.0 Å². The van der Waals surface area contributed by atoms with Crippen molar-refractivity contribution >= 4 is 21.6 Å². The quantitative estimate of drug-likeness (QED) is 0.334. The molecule has 0 amide bonds. The van der Waals surface area contributed by atoms with Gasteiger partial charge < -0.3 is 19.2 Å². The van der Waals surface area contributed by atoms with E-state index < -0.39 is 0 Å². The van der Waals surface area contributed by atoms with Gasteiger partial charge in [-0.15, -0.1) is 11.3 Å². The monoisotopic (exact) mass is 474 g/mol. The van der Waals surface area contributed by atoms with Crippen molar-refractivity contribution in [2.45, 2.75) is 63.5 Å². The summed E-state index contributed by atoms with van der Waals surface area (Å²) in [4.78, 5) is 6.48. The van der Waals surface area contributed by atoms with E-state index >= 15 is 0 Å². The van der Waals surface area contributed by atoms with E-state index in [4.69, 9.17) is 9.72 Å². The molecule has 0 spiro atoms. The second kappa shape index (κ2) is 9.59. The lowest BCUT2D eigenvalue weighted by Crippen LogP contribution is -2.34. The number of rotatable bonds is 8. The Morgan fingerprint density at radius 2 is 1.91 bits per heavy atom. The Labute approximate surface area is 205 Å². The van der Waals surface area contributed by atoms with Crippen LogP contribution >= 0.6 is 11.3 Å². The first-order valence-corrected chi connectivity index (χ1v) is 13.7. The Morgan fingerprint density at radius 3 is 2.65 bits per heavy atom. The first kappa shape index (κ1) is 21.9. The smallest absolute Gasteiger partial charge is 0.157 e. The second-order valence-corrected chi connectivity index (χ2v) is 10.8. The first-order valence-electron chi connectivity index (χ1n) is 12.8. The molecule has 6 heteroatoms. The van der Waals surface area contributed by atoms with Crippen LogP contribution in [0.25, 0.3) is 21.7 Å². The molecule has 178 valence electrons. The first-order chi connectivity index (χ1) is 16.7. The highest BCUT2D eigenvalue weighted by atomic mass is 32.1. The molecule has 0 radical (unpaired) electrons. The van der Waals surface area contributed by atoms with E-state index in [1.54, 1.807) is 11.3 Å². The summed E-state index contributed by atoms with van der Waals surface area (Å²) in [5.41, 5.74) is 3.88. The van der Waals surface area contributed by atoms with E-state index in [0.717, 1.165) is 56.9 Å². The predicted octanol–water partition coefficient (Wildman–Crippen LogP) is 6.13. The number of aromatic nitrogens is 3. The van der Waals surface area contributed by atoms with Crippen LogP contribution in [-0.2, 0) is 20.0 Å². The molecule has 3 aromatic heterocycles. The van der Waals surface area contributed by atoms with Gasteiger partial charge in [0.2, 0.25) is 0 Å². The fourth-order valence-corrected chi connectivity index (χ4v) is 6.13. The third kappa shape index (κ3) is 4.41. The van der Waals surface area contributed by atoms with Crippen LogP contribution in [0.5, 0.6) is 5.75 Å². The molecule has 5 nitrogen and oxygen atoms in total. The Hall–Kier alpha value is -2.57. The molecule has 1 N–H and O–H groups in total. The predicted molar refractivity (Wildman–Crippen MR) is 140 cm³/mol. The van der Waals surface area contributed by atoms with Crippen molar-refractivity contribution in [2.24, 2.45) is 7.05 Å². The highest BCUT2D eigenvalue weighted by molar-refractivity contribution is 7.16. The summed E-state index contributed by atoms with van der Waals surface area (Å²) in [5.74, 6) is 2.77. The third-order valence-electron chi connectivity index (χ3n) is 7.56. The molecule has 1 saturated carbocycles. The van der Waals surface area contributed by atoms with Gasteiger partial charge in [0.15, 0.2) is 5.82 Å². The van der Waals surface area contributed by atoms with Crippen LogP contribution in [0.3, 0.4) is 0 Å². The molecule has 0 unspecified atom stereocenters. The van der Waals surface area contributed by atoms with Gasteiger partial charge in [0.25, 0.3) is 0 Å². The Morgan fingerprint density at radius 1 is 1.09 bits per heavy atom. The highest BCUT2D eigenvalue weighted by Gasteiger charge is 2.25. The molecule has 2 aliphatic rings. The summed E-state index contributed by atoms with van der Waals surface area (Å²) >= 11 is 1.80. The summed E-state index contributed by atoms with van der Waals surface area (Å²) in [6, 6.07) is 13.3. The van der Waals surface area contributed by atoms with Gasteiger partial charge in [-0.2, -0.15) is 0 Å². The van der Waals surface area contributed by atoms with Gasteiger partial charge >= 0.3 is 0 Å². The number of hydrogen-bond acceptors (Lipinski definition) is 4. The van der Waals surface area contributed by atoms with Crippen LogP contribution in [0.1, 0.15) is 55.7 Å². The molecular weight excluding hydrogens is 440 g/mol. The molecule has 34 heavy (non-hydrogen) atoms. The number of fused-ring (bicyclic) bond motifs is 1. The van der Waals surface area contributed by atoms with E-state index in [-0.39, 0.29) is 0 Å². The molecule has 0 bridgehead atoms. The van der Waals surface area contributed by atoms with Crippen molar-refractivity contribution in [3.05, 3.63) is 59.2 Å². The zero-order chi connectivity index (χ0) is 22.9. The number of aryl methyl sites for hydroxylation is 3. The molecule has 4 aromatic rings. The van der Waals surface area contributed by atoms with Gasteiger partial charge in [0, 0.05) is 31.1 Å². The summed E-state index contributed by atoms with van der Waals surface area (Å²) in [7, 11) is 2.17. The van der Waals surface area contributed by atoms with Crippen LogP contribution in [-0.4, -0.2) is 33.3 Å². The van der Waals surface area contributed by atoms with Crippen molar-refractivity contribution in [1.82, 2.24) is 19.4 Å². The van der Waals surface area contributed by atoms with E-state index in [1.165, 1.54) is 46.4 Å². The molecule has 1 aliphatic heterocycles. The van der Waals surface area contributed by atoms with E-state index in [1.807, 2.05) is 0 Å². The number of piperidine rings is 1. The molecular formula is C28H34N4OS. The number of nitrogens with one attached hydrogen (secondary N) is 1. The molecule has 1 aliphatic carbocycles. The lowest BCUT2D eigenvalue weighted by Gasteiger charge is -2.23. The number of benzene rings is 1. The standard InChI is InChI=1S/C28H34N4OS/c1-31-26(18-22-13-17-34-28(22)31)27-30-25(21-5-2-6-21)19-32(27)16-3-4-20-7-9-23(10-8-20)33-24-11-14-29-15-12-24/h7-10,13,17-19,21,24,29H,2-6,11-12,14-16H2,1H3. The Kier molecular flexibility index (Phi) is 6.18. The van der Waals surface area contributed by atoms with Gasteiger partial charge in [0.05, 0.1) is 11.4 Å². The van der Waals surface area contributed by atoms with Crippen molar-refractivity contribution < 1.29 is 4.74 Å². The van der Waals surface area contributed by atoms with Crippen LogP contribution in [0.2, 0.25) is 0 Å². The normalized spacial score (nSPS) is 17.3. The maximum atomic E-state index is 6.17. The average Bonchev–Trinajstić information content (AvgIpc) is 3.51. The van der Waals surface area contributed by atoms with Gasteiger partial charge in [-0.05, 0) is 86.8 Å². The fraction of sp³-hybridized carbons (Fsp3) is 0.464. The van der Waals surface area contributed by atoms with Gasteiger partial charge in [-0.25, -0.2) is 4.98 Å². The molecule has 2 fully saturated rings. The fourth-order valence-electron chi connectivity index (χ4n) is 5.27. The summed E-state index contributed by atoms with van der Waals surface area (Å²) < 4.78 is 10.9. The van der Waals surface area contributed by atoms with E-state index in [9.17, 15) is 0 Å². The minimum absolute atomic E-state index is 0.351. The molecule has 1 aromatic carbocycles. The summed E-state index contributed by atoms with van der Waals surface area (Å²) in [5, 5.41) is 6.88. The summed E-state index contributed by atoms with van der Waals surface area (Å²) in [6.45, 7) is 3.10. The Bertz CT molecular complexity index is 1240. The van der Waals surface area contributed by atoms with E-state index in [0.29, 0.717) is 12.0 Å². The minimum Gasteiger partial charge on any atom is -0.490 e. The Balaban J connectivity index is 1.14. The van der Waals surface area contributed by atoms with Crippen molar-refractivity contribution in [3.8, 4) is 17.3 Å². The van der Waals surface area contributed by atoms with Gasteiger partial charge in [0.1, 0.15) is 16.7 Å². The topological polar surface area (TPSA) is 44.0 Å². The lowest BCUT2D eigenvalue weighted by molar-refractivity contribution is 0.162. The number of hydrogen-bond donors (Lipinski definition) is 1. The number of thiophene rings is 1. The molecule has 0 atom stereocenters. The minimum atomic E-state index is 0.351. The maximum Gasteiger partial charge on any atom is 0.157 e. The SMILES string of the molecule is Cn1c(-c2nc(C3CCC3)cn2CCCc2ccc(OC3CCNCC3)cc2)cc2ccsc21. The lowest BCUT2D eigenvalue weighted by atomic mass is 9.83. The van der Waals surface area contributed by atoms with Crippen LogP contribution in [0.4, 0.5) is 0 Å². The third-order valence-corrected chi connectivity index (χ3v) is 8.56.